The summed E-state index contributed by atoms with van der Waals surface area (Å²) < 4.78 is 21.7. The molecule has 7 aromatic rings. The zero-order chi connectivity index (χ0) is 29.4. The van der Waals surface area contributed by atoms with Crippen LogP contribution < -0.4 is 20.0 Å². The molecule has 3 heterocycles. The van der Waals surface area contributed by atoms with Gasteiger partial charge in [0.1, 0.15) is 0 Å². The molecule has 0 unspecified atom stereocenters. The van der Waals surface area contributed by atoms with Crippen molar-refractivity contribution < 1.29 is 13.4 Å². The van der Waals surface area contributed by atoms with Gasteiger partial charge >= 0.3 is 252 Å². The number of hydrogen-bond donors (Lipinski definition) is 0. The Balaban J connectivity index is 1.38. The molecule has 0 amide bonds. The summed E-state index contributed by atoms with van der Waals surface area (Å²) in [6.07, 6.45) is 5.77. The Labute approximate surface area is 252 Å². The third-order valence-corrected chi connectivity index (χ3v) is 11.7. The maximum absolute atomic E-state index is 7.17. The molecular formula is C37H33N2O3P. The molecule has 0 saturated heterocycles. The molecule has 0 N–H and O–H groups in total. The van der Waals surface area contributed by atoms with Crippen LogP contribution in [0.25, 0.3) is 16.9 Å². The molecule has 4 aromatic carbocycles. The number of aromatic nitrogens is 1. The summed E-state index contributed by atoms with van der Waals surface area (Å²) in [5.41, 5.74) is 4.92. The predicted octanol–water partition coefficient (Wildman–Crippen LogP) is 9.23. The fourth-order valence-electron chi connectivity index (χ4n) is 5.84. The van der Waals surface area contributed by atoms with Crippen LogP contribution in [0, 0.1) is 13.8 Å². The molecule has 0 aliphatic heterocycles. The number of anilines is 3. The number of para-hydroxylation sites is 1. The van der Waals surface area contributed by atoms with E-state index in [0.717, 1.165) is 39.3 Å². The molecule has 0 bridgehead atoms. The van der Waals surface area contributed by atoms with E-state index in [9.17, 15) is 0 Å². The molecule has 7 rings (SSSR count). The summed E-state index contributed by atoms with van der Waals surface area (Å²) >= 11 is 0. The second-order valence-corrected chi connectivity index (χ2v) is 14.3. The molecule has 6 heteroatoms. The van der Waals surface area contributed by atoms with E-state index in [1.54, 1.807) is 6.26 Å². The molecule has 0 spiro atoms. The van der Waals surface area contributed by atoms with Gasteiger partial charge in [-0.1, -0.05) is 0 Å². The van der Waals surface area contributed by atoms with Crippen LogP contribution >= 0.6 is 7.49 Å². The van der Waals surface area contributed by atoms with Gasteiger partial charge in [-0.05, 0) is 0 Å². The van der Waals surface area contributed by atoms with Crippen LogP contribution in [0.4, 0.5) is 17.3 Å². The van der Waals surface area contributed by atoms with E-state index in [0.29, 0.717) is 11.7 Å². The fraction of sp³-hybridized carbons (Fsp3) is 0.0811. The van der Waals surface area contributed by atoms with Gasteiger partial charge in [-0.3, -0.25) is 0 Å². The third kappa shape index (κ3) is 4.72. The van der Waals surface area contributed by atoms with E-state index >= 15 is 0 Å². The number of hydrogen-bond acceptors (Lipinski definition) is 4. The Morgan fingerprint density at radius 2 is 1.28 bits per heavy atom. The van der Waals surface area contributed by atoms with Gasteiger partial charge in [-0.25, -0.2) is 0 Å². The second kappa shape index (κ2) is 11.0. The molecular weight excluding hydrogens is 551 g/mol. The number of aryl methyl sites for hydroxylation is 1. The van der Waals surface area contributed by atoms with Crippen molar-refractivity contribution in [3.8, 4) is 11.4 Å². The summed E-state index contributed by atoms with van der Waals surface area (Å²) in [6, 6.07) is 41.7. The molecule has 0 fully saturated rings. The number of fused-ring (bicyclic) bond motifs is 1. The first-order valence-corrected chi connectivity index (χ1v) is 16.8. The monoisotopic (exact) mass is 584 g/mol. The van der Waals surface area contributed by atoms with E-state index in [4.69, 9.17) is 13.4 Å². The first-order chi connectivity index (χ1) is 21.0. The van der Waals surface area contributed by atoms with Crippen LogP contribution in [0.2, 0.25) is 0 Å². The number of benzene rings is 4. The standard InChI is InChI=1S/C37H33N2O3P/c1-27-32(22-15-23-34(27)42-43(3,30-18-9-5-10-19-30)31-20-11-6-12-21-31)39(29-16-7-4-8-17-29)36-28(2)35-33(26-40-37(35)41-36)38-24-13-14-25-38/h4-26,43H,1-3H3. The van der Waals surface area contributed by atoms with Crippen LogP contribution in [0.5, 0.6) is 5.75 Å². The van der Waals surface area contributed by atoms with Crippen LogP contribution in [0.15, 0.2) is 149 Å². The Kier molecular flexibility index (Phi) is 6.89. The second-order valence-electron chi connectivity index (χ2n) is 10.8. The average molecular weight is 585 g/mol. The van der Waals surface area contributed by atoms with E-state index < -0.39 is 7.49 Å². The molecule has 0 atom stereocenters. The van der Waals surface area contributed by atoms with Crippen molar-refractivity contribution in [2.24, 2.45) is 0 Å². The van der Waals surface area contributed by atoms with Crippen molar-refractivity contribution in [1.82, 2.24) is 4.57 Å². The van der Waals surface area contributed by atoms with Crippen molar-refractivity contribution in [2.75, 3.05) is 11.6 Å². The van der Waals surface area contributed by atoms with Crippen molar-refractivity contribution >= 4 is 46.5 Å². The number of furan rings is 2. The minimum absolute atomic E-state index is 0.496. The van der Waals surface area contributed by atoms with Gasteiger partial charge in [0, 0.05) is 0 Å². The maximum atomic E-state index is 7.17. The predicted molar refractivity (Wildman–Crippen MR) is 179 cm³/mol. The van der Waals surface area contributed by atoms with Crippen LogP contribution in [0.3, 0.4) is 0 Å². The molecule has 3 aromatic heterocycles. The molecule has 43 heavy (non-hydrogen) atoms. The Hall–Kier alpha value is -4.99. The van der Waals surface area contributed by atoms with E-state index in [2.05, 4.69) is 116 Å². The van der Waals surface area contributed by atoms with Gasteiger partial charge in [-0.2, -0.15) is 0 Å². The van der Waals surface area contributed by atoms with Gasteiger partial charge in [0.25, 0.3) is 0 Å². The van der Waals surface area contributed by atoms with Gasteiger partial charge in [0.05, 0.1) is 0 Å². The van der Waals surface area contributed by atoms with Crippen molar-refractivity contribution in [2.45, 2.75) is 13.8 Å². The van der Waals surface area contributed by atoms with Crippen LogP contribution in [-0.4, -0.2) is 11.2 Å². The molecule has 0 saturated carbocycles. The topological polar surface area (TPSA) is 43.7 Å². The first-order valence-electron chi connectivity index (χ1n) is 14.4. The van der Waals surface area contributed by atoms with Gasteiger partial charge in [-0.15, -0.1) is 0 Å². The zero-order valence-electron chi connectivity index (χ0n) is 24.4. The van der Waals surface area contributed by atoms with E-state index in [-0.39, 0.29) is 0 Å². The van der Waals surface area contributed by atoms with E-state index in [1.165, 1.54) is 10.6 Å². The fourth-order valence-corrected chi connectivity index (χ4v) is 8.72. The molecule has 0 radical (unpaired) electrons. The van der Waals surface area contributed by atoms with Crippen LogP contribution in [-0.2, 0) is 0 Å². The quantitative estimate of drug-likeness (QED) is 0.167. The van der Waals surface area contributed by atoms with Crippen molar-refractivity contribution in [3.63, 3.8) is 0 Å². The molecule has 0 aliphatic rings. The number of rotatable bonds is 8. The van der Waals surface area contributed by atoms with Crippen molar-refractivity contribution in [3.05, 3.63) is 151 Å². The Bertz CT molecular complexity index is 1940. The molecule has 214 valence electrons. The molecule has 0 aliphatic carbocycles. The van der Waals surface area contributed by atoms with Crippen LogP contribution in [0.1, 0.15) is 11.1 Å². The Morgan fingerprint density at radius 1 is 0.674 bits per heavy atom. The summed E-state index contributed by atoms with van der Waals surface area (Å²) in [5, 5.41) is 3.38. The summed E-state index contributed by atoms with van der Waals surface area (Å²) in [5.74, 6) is 2.05. The summed E-state index contributed by atoms with van der Waals surface area (Å²) in [4.78, 5) is 2.16. The normalized spacial score (nSPS) is 12.0. The Morgan fingerprint density at radius 3 is 1.91 bits per heavy atom. The summed E-state index contributed by atoms with van der Waals surface area (Å²) in [7, 11) is -2.61. The SMILES string of the molecule is Cc1c(O[PH](C)(c2ccccc2)c2ccccc2)cccc1N(c1ccccc1)c1oc2occ(-n3cccc3)c2c1C. The zero-order valence-corrected chi connectivity index (χ0v) is 25.4. The van der Waals surface area contributed by atoms with E-state index in [1.807, 2.05) is 47.3 Å². The summed E-state index contributed by atoms with van der Waals surface area (Å²) in [6.45, 7) is 6.48. The average Bonchev–Trinajstić information content (AvgIpc) is 3.80. The molecule has 5 nitrogen and oxygen atoms in total. The van der Waals surface area contributed by atoms with Gasteiger partial charge in [0.2, 0.25) is 0 Å². The number of nitrogens with zero attached hydrogens (tertiary/aromatic N) is 2. The van der Waals surface area contributed by atoms with Gasteiger partial charge in [0.15, 0.2) is 0 Å². The van der Waals surface area contributed by atoms with Gasteiger partial charge < -0.3 is 0 Å². The van der Waals surface area contributed by atoms with Crippen molar-refractivity contribution in [1.29, 1.82) is 0 Å². The first kappa shape index (κ1) is 26.9. The minimum atomic E-state index is -2.61. The third-order valence-electron chi connectivity index (χ3n) is 8.18.